The predicted octanol–water partition coefficient (Wildman–Crippen LogP) is 7.54. The molecule has 0 unspecified atom stereocenters. The smallest absolute Gasteiger partial charge is 0.311 e. The van der Waals surface area contributed by atoms with E-state index in [1.165, 1.54) is 12.8 Å². The van der Waals surface area contributed by atoms with Gasteiger partial charge in [0.2, 0.25) is 0 Å². The fraction of sp³-hybridized carbons (Fsp3) is 0.556. The summed E-state index contributed by atoms with van der Waals surface area (Å²) >= 11 is 29.7. The Bertz CT molecular complexity index is 635. The van der Waals surface area contributed by atoms with E-state index in [0.717, 1.165) is 19.3 Å². The zero-order chi connectivity index (χ0) is 20.4. The molecule has 0 aromatic heterocycles. The van der Waals surface area contributed by atoms with Crippen LogP contribution in [0.5, 0.6) is 5.75 Å². The summed E-state index contributed by atoms with van der Waals surface area (Å²) in [5.41, 5.74) is 0. The van der Waals surface area contributed by atoms with Gasteiger partial charge >= 0.3 is 11.9 Å². The van der Waals surface area contributed by atoms with Crippen molar-refractivity contribution in [2.75, 3.05) is 6.61 Å². The fourth-order valence-corrected chi connectivity index (χ4v) is 3.38. The Balaban J connectivity index is 2.37. The molecule has 0 spiro atoms. The second kappa shape index (κ2) is 12.9. The van der Waals surface area contributed by atoms with Crippen LogP contribution in [0.1, 0.15) is 58.3 Å². The highest BCUT2D eigenvalue weighted by atomic mass is 35.5. The van der Waals surface area contributed by atoms with E-state index in [2.05, 4.69) is 6.92 Å². The van der Waals surface area contributed by atoms with E-state index < -0.39 is 5.97 Å². The molecule has 0 heterocycles. The molecule has 1 aromatic carbocycles. The van der Waals surface area contributed by atoms with Crippen molar-refractivity contribution in [1.29, 1.82) is 0 Å². The second-order valence-corrected chi connectivity index (χ2v) is 7.75. The van der Waals surface area contributed by atoms with Gasteiger partial charge in [0.25, 0.3) is 0 Å². The van der Waals surface area contributed by atoms with Gasteiger partial charge in [-0.2, -0.15) is 0 Å². The van der Waals surface area contributed by atoms with Crippen LogP contribution in [0.3, 0.4) is 0 Å². The number of esters is 2. The largest absolute Gasteiger partial charge is 0.466 e. The van der Waals surface area contributed by atoms with Crippen LogP contribution in [0.25, 0.3) is 0 Å². The SMILES string of the molecule is CCCCCCCOC(=O)CCCC(=O)Oc1c(Cl)c(Cl)c(Cl)c(Cl)c1Cl. The Morgan fingerprint density at radius 3 is 1.81 bits per heavy atom. The van der Waals surface area contributed by atoms with Crippen molar-refractivity contribution in [3.05, 3.63) is 25.1 Å². The molecule has 0 bridgehead atoms. The molecule has 1 aromatic rings. The van der Waals surface area contributed by atoms with Gasteiger partial charge < -0.3 is 9.47 Å². The average molecular weight is 479 g/mol. The fourth-order valence-electron chi connectivity index (χ4n) is 2.18. The molecular weight excluding hydrogens is 457 g/mol. The third-order valence-electron chi connectivity index (χ3n) is 3.66. The molecule has 0 atom stereocenters. The number of carbonyl (C=O) groups excluding carboxylic acids is 2. The molecule has 0 aliphatic heterocycles. The minimum absolute atomic E-state index is 0.0177. The number of unbranched alkanes of at least 4 members (excludes halogenated alkanes) is 4. The summed E-state index contributed by atoms with van der Waals surface area (Å²) in [6.45, 7) is 2.54. The minimum Gasteiger partial charge on any atom is -0.466 e. The first-order valence-electron chi connectivity index (χ1n) is 8.67. The predicted molar refractivity (Wildman–Crippen MR) is 111 cm³/mol. The number of carbonyl (C=O) groups is 2. The lowest BCUT2D eigenvalue weighted by molar-refractivity contribution is -0.144. The van der Waals surface area contributed by atoms with E-state index in [1.807, 2.05) is 0 Å². The standard InChI is InChI=1S/C18H21Cl5O4/c1-2-3-4-5-6-10-26-11(24)8-7-9-12(25)27-18-16(22)14(20)13(19)15(21)17(18)23/h2-10H2,1H3. The average Bonchev–Trinajstić information content (AvgIpc) is 2.64. The van der Waals surface area contributed by atoms with Crippen molar-refractivity contribution in [3.8, 4) is 5.75 Å². The zero-order valence-electron chi connectivity index (χ0n) is 14.9. The number of benzene rings is 1. The summed E-state index contributed by atoms with van der Waals surface area (Å²) in [6, 6.07) is 0. The van der Waals surface area contributed by atoms with Crippen LogP contribution < -0.4 is 4.74 Å². The van der Waals surface area contributed by atoms with Crippen LogP contribution in [0, 0.1) is 0 Å². The molecule has 0 amide bonds. The molecule has 0 aliphatic rings. The van der Waals surface area contributed by atoms with Gasteiger partial charge in [0.05, 0.1) is 21.7 Å². The lowest BCUT2D eigenvalue weighted by Gasteiger charge is -2.12. The third-order valence-corrected chi connectivity index (χ3v) is 5.90. The number of rotatable bonds is 11. The first-order valence-corrected chi connectivity index (χ1v) is 10.6. The maximum atomic E-state index is 12.0. The Hall–Kier alpha value is -0.390. The van der Waals surface area contributed by atoms with Crippen LogP contribution >= 0.6 is 58.0 Å². The molecule has 0 radical (unpaired) electrons. The van der Waals surface area contributed by atoms with E-state index in [1.54, 1.807) is 0 Å². The van der Waals surface area contributed by atoms with E-state index >= 15 is 0 Å². The monoisotopic (exact) mass is 476 g/mol. The second-order valence-electron chi connectivity index (χ2n) is 5.86. The summed E-state index contributed by atoms with van der Waals surface area (Å²) < 4.78 is 10.3. The Labute approximate surface area is 184 Å². The van der Waals surface area contributed by atoms with E-state index in [0.29, 0.717) is 6.61 Å². The molecule has 0 fully saturated rings. The maximum Gasteiger partial charge on any atom is 0.311 e. The highest BCUT2D eigenvalue weighted by Crippen LogP contribution is 2.48. The molecule has 152 valence electrons. The van der Waals surface area contributed by atoms with E-state index in [-0.39, 0.29) is 56.1 Å². The molecule has 0 saturated carbocycles. The summed E-state index contributed by atoms with van der Waals surface area (Å²) in [5.74, 6) is -1.12. The molecule has 0 aliphatic carbocycles. The Morgan fingerprint density at radius 1 is 0.704 bits per heavy atom. The summed E-state index contributed by atoms with van der Waals surface area (Å²) in [6.07, 6.45) is 5.77. The highest BCUT2D eigenvalue weighted by Gasteiger charge is 2.22. The van der Waals surface area contributed by atoms with Gasteiger partial charge in [0.15, 0.2) is 5.75 Å². The van der Waals surface area contributed by atoms with Gasteiger partial charge in [-0.15, -0.1) is 0 Å². The van der Waals surface area contributed by atoms with Gasteiger partial charge in [-0.3, -0.25) is 9.59 Å². The number of hydrogen-bond donors (Lipinski definition) is 0. The first-order chi connectivity index (χ1) is 12.8. The van der Waals surface area contributed by atoms with Crippen LogP contribution in [0.4, 0.5) is 0 Å². The molecular formula is C18H21Cl5O4. The number of hydrogen-bond acceptors (Lipinski definition) is 4. The van der Waals surface area contributed by atoms with Gasteiger partial charge in [-0.05, 0) is 12.8 Å². The zero-order valence-corrected chi connectivity index (χ0v) is 18.7. The van der Waals surface area contributed by atoms with E-state index in [4.69, 9.17) is 67.5 Å². The van der Waals surface area contributed by atoms with Crippen molar-refractivity contribution >= 4 is 69.9 Å². The lowest BCUT2D eigenvalue weighted by Crippen LogP contribution is -2.11. The normalized spacial score (nSPS) is 10.7. The molecule has 27 heavy (non-hydrogen) atoms. The van der Waals surface area contributed by atoms with Crippen LogP contribution in [-0.4, -0.2) is 18.5 Å². The van der Waals surface area contributed by atoms with Crippen molar-refractivity contribution in [2.24, 2.45) is 0 Å². The van der Waals surface area contributed by atoms with Gasteiger partial charge in [0, 0.05) is 12.8 Å². The maximum absolute atomic E-state index is 12.0. The summed E-state index contributed by atoms with van der Waals surface area (Å²) in [5, 5.41) is -0.347. The number of ether oxygens (including phenoxy) is 2. The topological polar surface area (TPSA) is 52.6 Å². The van der Waals surface area contributed by atoms with Crippen LogP contribution in [0.2, 0.25) is 25.1 Å². The molecule has 1 rings (SSSR count). The van der Waals surface area contributed by atoms with Crippen molar-refractivity contribution in [2.45, 2.75) is 58.3 Å². The molecule has 9 heteroatoms. The van der Waals surface area contributed by atoms with Crippen molar-refractivity contribution < 1.29 is 19.1 Å². The van der Waals surface area contributed by atoms with Gasteiger partial charge in [-0.1, -0.05) is 90.6 Å². The number of halogens is 5. The molecule has 4 nitrogen and oxygen atoms in total. The first kappa shape index (κ1) is 24.6. The van der Waals surface area contributed by atoms with Gasteiger partial charge in [-0.25, -0.2) is 0 Å². The Morgan fingerprint density at radius 2 is 1.22 bits per heavy atom. The lowest BCUT2D eigenvalue weighted by atomic mass is 10.2. The van der Waals surface area contributed by atoms with Gasteiger partial charge in [0.1, 0.15) is 10.0 Å². The Kier molecular flexibility index (Phi) is 11.8. The quantitative estimate of drug-likeness (QED) is 0.108. The third kappa shape index (κ3) is 8.25. The van der Waals surface area contributed by atoms with Crippen LogP contribution in [-0.2, 0) is 14.3 Å². The molecule has 0 saturated heterocycles. The minimum atomic E-state index is -0.624. The van der Waals surface area contributed by atoms with Crippen molar-refractivity contribution in [3.63, 3.8) is 0 Å². The summed E-state index contributed by atoms with van der Waals surface area (Å²) in [7, 11) is 0. The highest BCUT2D eigenvalue weighted by molar-refractivity contribution is 6.55. The van der Waals surface area contributed by atoms with Crippen LogP contribution in [0.15, 0.2) is 0 Å². The van der Waals surface area contributed by atoms with E-state index in [9.17, 15) is 9.59 Å². The van der Waals surface area contributed by atoms with Crippen molar-refractivity contribution in [1.82, 2.24) is 0 Å². The molecule has 0 N–H and O–H groups in total. The summed E-state index contributed by atoms with van der Waals surface area (Å²) in [4.78, 5) is 23.6.